The molecule has 0 radical (unpaired) electrons. The number of hydrogen-bond acceptors (Lipinski definition) is 7. The van der Waals surface area contributed by atoms with E-state index in [1.165, 1.54) is 12.7 Å². The molecule has 1 aliphatic heterocycles. The van der Waals surface area contributed by atoms with Crippen molar-refractivity contribution < 1.29 is 8.42 Å². The van der Waals surface area contributed by atoms with Crippen LogP contribution in [0.5, 0.6) is 0 Å². The lowest BCUT2D eigenvalue weighted by Crippen LogP contribution is -2.49. The molecule has 0 aliphatic carbocycles. The minimum Gasteiger partial charge on any atom is -0.354 e. The molecule has 0 saturated carbocycles. The van der Waals surface area contributed by atoms with Crippen LogP contribution in [0.1, 0.15) is 0 Å². The highest BCUT2D eigenvalue weighted by Gasteiger charge is 2.30. The van der Waals surface area contributed by atoms with E-state index in [2.05, 4.69) is 25.0 Å². The van der Waals surface area contributed by atoms with Crippen molar-refractivity contribution in [2.45, 2.75) is 4.90 Å². The molecule has 4 aromatic rings. The maximum absolute atomic E-state index is 13.3. The van der Waals surface area contributed by atoms with Gasteiger partial charge < -0.3 is 4.90 Å². The van der Waals surface area contributed by atoms with Crippen LogP contribution in [0.4, 0.5) is 5.82 Å². The molecule has 0 amide bonds. The normalized spacial score (nSPS) is 15.5. The smallest absolute Gasteiger partial charge is 0.243 e. The van der Waals surface area contributed by atoms with Crippen molar-refractivity contribution in [2.75, 3.05) is 31.1 Å². The van der Waals surface area contributed by atoms with Crippen LogP contribution >= 0.6 is 0 Å². The molecule has 5 rings (SSSR count). The van der Waals surface area contributed by atoms with E-state index in [9.17, 15) is 8.42 Å². The minimum atomic E-state index is -3.59. The van der Waals surface area contributed by atoms with Crippen LogP contribution in [-0.2, 0) is 10.0 Å². The molecule has 2 aromatic heterocycles. The molecule has 10 heteroatoms. The van der Waals surface area contributed by atoms with Gasteiger partial charge in [0.1, 0.15) is 24.8 Å². The van der Waals surface area contributed by atoms with Crippen LogP contribution in [0.3, 0.4) is 0 Å². The highest BCUT2D eigenvalue weighted by atomic mass is 32.2. The average molecular weight is 421 g/mol. The summed E-state index contributed by atoms with van der Waals surface area (Å²) in [6.45, 7) is 1.85. The topological polar surface area (TPSA) is 97.1 Å². The Morgan fingerprint density at radius 1 is 0.833 bits per heavy atom. The molecule has 1 aliphatic rings. The van der Waals surface area contributed by atoms with Crippen molar-refractivity contribution in [2.24, 2.45) is 0 Å². The van der Waals surface area contributed by atoms with Gasteiger partial charge in [0.2, 0.25) is 10.0 Å². The fourth-order valence-corrected chi connectivity index (χ4v) is 5.32. The Hall–Kier alpha value is -3.37. The van der Waals surface area contributed by atoms with E-state index in [4.69, 9.17) is 0 Å². The van der Waals surface area contributed by atoms with Gasteiger partial charge in [0.05, 0.1) is 4.90 Å². The maximum atomic E-state index is 13.3. The number of sulfonamides is 1. The van der Waals surface area contributed by atoms with E-state index in [0.717, 1.165) is 16.6 Å². The molecule has 30 heavy (non-hydrogen) atoms. The molecular weight excluding hydrogens is 402 g/mol. The fourth-order valence-electron chi connectivity index (χ4n) is 3.68. The first-order valence-electron chi connectivity index (χ1n) is 9.53. The van der Waals surface area contributed by atoms with Crippen molar-refractivity contribution >= 4 is 26.6 Å². The molecule has 0 unspecified atom stereocenters. The summed E-state index contributed by atoms with van der Waals surface area (Å²) in [6.07, 6.45) is 4.49. The Bertz CT molecular complexity index is 1280. The molecule has 0 N–H and O–H groups in total. The third-order valence-electron chi connectivity index (χ3n) is 5.22. The first-order valence-corrected chi connectivity index (χ1v) is 11.0. The van der Waals surface area contributed by atoms with E-state index in [1.807, 2.05) is 36.4 Å². The van der Waals surface area contributed by atoms with E-state index in [-0.39, 0.29) is 0 Å². The summed E-state index contributed by atoms with van der Waals surface area (Å²) >= 11 is 0. The van der Waals surface area contributed by atoms with Gasteiger partial charge in [-0.1, -0.05) is 36.4 Å². The average Bonchev–Trinajstić information content (AvgIpc) is 3.34. The van der Waals surface area contributed by atoms with Crippen molar-refractivity contribution in [1.82, 2.24) is 29.0 Å². The Morgan fingerprint density at radius 2 is 1.60 bits per heavy atom. The monoisotopic (exact) mass is 421 g/mol. The van der Waals surface area contributed by atoms with Crippen LogP contribution in [-0.4, -0.2) is 63.6 Å². The predicted molar refractivity (Wildman–Crippen MR) is 112 cm³/mol. The molecule has 1 saturated heterocycles. The van der Waals surface area contributed by atoms with Gasteiger partial charge in [-0.3, -0.25) is 0 Å². The summed E-state index contributed by atoms with van der Waals surface area (Å²) < 4.78 is 29.7. The first-order chi connectivity index (χ1) is 14.6. The third kappa shape index (κ3) is 3.29. The van der Waals surface area contributed by atoms with Gasteiger partial charge in [-0.2, -0.15) is 9.40 Å². The highest BCUT2D eigenvalue weighted by Crippen LogP contribution is 2.27. The number of piperazine rings is 1. The molecule has 152 valence electrons. The van der Waals surface area contributed by atoms with E-state index in [1.54, 1.807) is 27.4 Å². The molecular formula is C20H19N7O2S. The molecule has 2 aromatic carbocycles. The third-order valence-corrected chi connectivity index (χ3v) is 7.18. The van der Waals surface area contributed by atoms with Crippen LogP contribution < -0.4 is 4.90 Å². The molecule has 0 bridgehead atoms. The summed E-state index contributed by atoms with van der Waals surface area (Å²) in [5, 5.41) is 5.75. The number of rotatable bonds is 4. The van der Waals surface area contributed by atoms with Gasteiger partial charge in [-0.15, -0.1) is 0 Å². The summed E-state index contributed by atoms with van der Waals surface area (Å²) in [4.78, 5) is 14.9. The summed E-state index contributed by atoms with van der Waals surface area (Å²) in [7, 11) is -3.59. The molecule has 1 fully saturated rings. The molecule has 3 heterocycles. The Morgan fingerprint density at radius 3 is 2.40 bits per heavy atom. The number of hydrogen-bond donors (Lipinski definition) is 0. The van der Waals surface area contributed by atoms with Crippen LogP contribution in [0.25, 0.3) is 16.6 Å². The number of nitrogens with zero attached hydrogens (tertiary/aromatic N) is 7. The van der Waals surface area contributed by atoms with Crippen LogP contribution in [0.15, 0.2) is 72.4 Å². The van der Waals surface area contributed by atoms with Crippen molar-refractivity contribution in [3.8, 4) is 5.82 Å². The van der Waals surface area contributed by atoms with Gasteiger partial charge >= 0.3 is 0 Å². The molecule has 0 atom stereocenters. The molecule has 9 nitrogen and oxygen atoms in total. The predicted octanol–water partition coefficient (Wildman–Crippen LogP) is 1.72. The summed E-state index contributed by atoms with van der Waals surface area (Å²) in [5.74, 6) is 1.35. The van der Waals surface area contributed by atoms with E-state index >= 15 is 0 Å². The second kappa shape index (κ2) is 7.47. The zero-order valence-electron chi connectivity index (χ0n) is 16.0. The SMILES string of the molecule is O=S(=O)(c1cccc2ccccc12)N1CCN(c2cc(-n3cncn3)ncn2)CC1. The Kier molecular flexibility index (Phi) is 4.64. The number of fused-ring (bicyclic) bond motifs is 1. The lowest BCUT2D eigenvalue weighted by atomic mass is 10.1. The lowest BCUT2D eigenvalue weighted by molar-refractivity contribution is 0.384. The lowest BCUT2D eigenvalue weighted by Gasteiger charge is -2.34. The highest BCUT2D eigenvalue weighted by molar-refractivity contribution is 7.89. The van der Waals surface area contributed by atoms with Gasteiger partial charge in [-0.25, -0.2) is 28.1 Å². The molecule has 0 spiro atoms. The minimum absolute atomic E-state index is 0.351. The first kappa shape index (κ1) is 18.6. The van der Waals surface area contributed by atoms with Crippen molar-refractivity contribution in [3.63, 3.8) is 0 Å². The van der Waals surface area contributed by atoms with Crippen molar-refractivity contribution in [1.29, 1.82) is 0 Å². The quantitative estimate of drug-likeness (QED) is 0.495. The Labute approximate surface area is 173 Å². The number of aromatic nitrogens is 5. The van der Waals surface area contributed by atoms with Gasteiger partial charge in [0.25, 0.3) is 0 Å². The van der Waals surface area contributed by atoms with Crippen molar-refractivity contribution in [3.05, 3.63) is 67.5 Å². The summed E-state index contributed by atoms with van der Waals surface area (Å²) in [6, 6.07) is 14.8. The fraction of sp³-hybridized carbons (Fsp3) is 0.200. The second-order valence-electron chi connectivity index (χ2n) is 6.94. The van der Waals surface area contributed by atoms with Crippen LogP contribution in [0.2, 0.25) is 0 Å². The number of benzene rings is 2. The Balaban J connectivity index is 1.36. The maximum Gasteiger partial charge on any atom is 0.243 e. The second-order valence-corrected chi connectivity index (χ2v) is 8.85. The standard InChI is InChI=1S/C20H19N7O2S/c28-30(29,18-7-3-5-16-4-1-2-6-17(16)18)26-10-8-25(9-11-26)19-12-20(23-14-22-19)27-15-21-13-24-27/h1-7,12-15H,8-11H2. The van der Waals surface area contributed by atoms with Gasteiger partial charge in [0.15, 0.2) is 5.82 Å². The zero-order chi connectivity index (χ0) is 20.6. The summed E-state index contributed by atoms with van der Waals surface area (Å²) in [5.41, 5.74) is 0. The van der Waals surface area contributed by atoms with Gasteiger partial charge in [-0.05, 0) is 11.5 Å². The van der Waals surface area contributed by atoms with Gasteiger partial charge in [0, 0.05) is 37.6 Å². The zero-order valence-corrected chi connectivity index (χ0v) is 16.9. The van der Waals surface area contributed by atoms with E-state index in [0.29, 0.717) is 36.9 Å². The largest absolute Gasteiger partial charge is 0.354 e. The van der Waals surface area contributed by atoms with E-state index < -0.39 is 10.0 Å². The van der Waals surface area contributed by atoms with Crippen LogP contribution in [0, 0.1) is 0 Å². The number of anilines is 1.